The molecule has 2 rings (SSSR count). The highest BCUT2D eigenvalue weighted by Crippen LogP contribution is 2.08. The number of benzene rings is 2. The molecule has 0 unspecified atom stereocenters. The highest BCUT2D eigenvalue weighted by molar-refractivity contribution is 5.76. The van der Waals surface area contributed by atoms with Crippen LogP contribution in [0, 0.1) is 0 Å². The fourth-order valence-corrected chi connectivity index (χ4v) is 2.71. The summed E-state index contributed by atoms with van der Waals surface area (Å²) in [5.74, 6) is 0. The second-order valence-electron chi connectivity index (χ2n) is 6.88. The van der Waals surface area contributed by atoms with Crippen LogP contribution in [0.3, 0.4) is 0 Å². The molecule has 7 nitrogen and oxygen atoms in total. The second-order valence-corrected chi connectivity index (χ2v) is 6.88. The molecule has 0 saturated heterocycles. The summed E-state index contributed by atoms with van der Waals surface area (Å²) in [6.45, 7) is 5.22. The van der Waals surface area contributed by atoms with Crippen LogP contribution < -0.4 is 10.6 Å². The molecule has 0 aliphatic rings. The van der Waals surface area contributed by atoms with Crippen LogP contribution in [-0.4, -0.2) is 65.3 Å². The number of hydrogen-bond acceptors (Lipinski definition) is 7. The summed E-state index contributed by atoms with van der Waals surface area (Å²) in [5, 5.41) is 6.58. The molecule has 168 valence electrons. The Labute approximate surface area is 184 Å². The summed E-state index contributed by atoms with van der Waals surface area (Å²) in [6, 6.07) is 14.7. The number of carbonyl (C=O) groups excluding carboxylic acids is 2. The maximum Gasteiger partial charge on any atom is 0.150 e. The van der Waals surface area contributed by atoms with Gasteiger partial charge in [-0.25, -0.2) is 0 Å². The largest absolute Gasteiger partial charge is 0.385 e. The van der Waals surface area contributed by atoms with Crippen LogP contribution in [0.4, 0.5) is 11.4 Å². The molecule has 0 atom stereocenters. The minimum absolute atomic E-state index is 0.558. The van der Waals surface area contributed by atoms with E-state index < -0.39 is 0 Å². The van der Waals surface area contributed by atoms with Gasteiger partial charge in [-0.05, 0) is 61.4 Å². The number of carbonyl (C=O) groups is 2. The Bertz CT molecular complexity index is 671. The number of anilines is 2. The maximum absolute atomic E-state index is 10.6. The Morgan fingerprint density at radius 1 is 0.548 bits per heavy atom. The van der Waals surface area contributed by atoms with Gasteiger partial charge in [0.15, 0.2) is 0 Å². The monoisotopic (exact) mass is 428 g/mol. The minimum atomic E-state index is 0.558. The normalized spacial score (nSPS) is 10.6. The fraction of sp³-hybridized carbons (Fsp3) is 0.417. The van der Waals surface area contributed by atoms with Crippen LogP contribution in [0.2, 0.25) is 0 Å². The van der Waals surface area contributed by atoms with Crippen molar-refractivity contribution in [3.8, 4) is 0 Å². The zero-order chi connectivity index (χ0) is 22.0. The summed E-state index contributed by atoms with van der Waals surface area (Å²) in [5.41, 5.74) is 3.35. The lowest BCUT2D eigenvalue weighted by molar-refractivity contribution is 0.0145. The van der Waals surface area contributed by atoms with E-state index in [4.69, 9.17) is 14.2 Å². The van der Waals surface area contributed by atoms with E-state index in [-0.39, 0.29) is 0 Å². The summed E-state index contributed by atoms with van der Waals surface area (Å²) in [6.07, 6.45) is 3.47. The Balaban J connectivity index is 1.31. The quantitative estimate of drug-likeness (QED) is 0.277. The number of ether oxygens (including phenoxy) is 3. The van der Waals surface area contributed by atoms with Crippen molar-refractivity contribution in [1.82, 2.24) is 0 Å². The predicted octanol–water partition coefficient (Wildman–Crippen LogP) is 3.67. The fourth-order valence-electron chi connectivity index (χ4n) is 2.71. The molecule has 0 amide bonds. The van der Waals surface area contributed by atoms with Crippen molar-refractivity contribution >= 4 is 23.9 Å². The van der Waals surface area contributed by atoms with Crippen LogP contribution >= 0.6 is 0 Å². The van der Waals surface area contributed by atoms with Crippen molar-refractivity contribution in [2.45, 2.75) is 12.8 Å². The van der Waals surface area contributed by atoms with Crippen LogP contribution in [0.15, 0.2) is 48.5 Å². The van der Waals surface area contributed by atoms with E-state index in [9.17, 15) is 9.59 Å². The Morgan fingerprint density at radius 3 is 1.26 bits per heavy atom. The maximum atomic E-state index is 10.6. The third-order valence-corrected chi connectivity index (χ3v) is 4.43. The molecular weight excluding hydrogens is 396 g/mol. The molecule has 0 spiro atoms. The van der Waals surface area contributed by atoms with Gasteiger partial charge in [0.05, 0.1) is 26.4 Å². The molecule has 7 heteroatoms. The van der Waals surface area contributed by atoms with Crippen molar-refractivity contribution < 1.29 is 23.8 Å². The molecule has 2 aromatic carbocycles. The first-order valence-corrected chi connectivity index (χ1v) is 10.6. The third-order valence-electron chi connectivity index (χ3n) is 4.43. The van der Waals surface area contributed by atoms with Crippen LogP contribution in [0.5, 0.6) is 0 Å². The topological polar surface area (TPSA) is 85.9 Å². The zero-order valence-corrected chi connectivity index (χ0v) is 17.9. The van der Waals surface area contributed by atoms with E-state index in [2.05, 4.69) is 10.6 Å². The summed E-state index contributed by atoms with van der Waals surface area (Å²) in [4.78, 5) is 21.2. The van der Waals surface area contributed by atoms with Gasteiger partial charge < -0.3 is 24.8 Å². The number of hydrogen-bond donors (Lipinski definition) is 2. The molecule has 2 aromatic rings. The van der Waals surface area contributed by atoms with Crippen molar-refractivity contribution in [3.63, 3.8) is 0 Å². The zero-order valence-electron chi connectivity index (χ0n) is 17.9. The first-order chi connectivity index (χ1) is 15.3. The Morgan fingerprint density at radius 2 is 0.903 bits per heavy atom. The molecule has 0 bridgehead atoms. The lowest BCUT2D eigenvalue weighted by Gasteiger charge is -2.09. The standard InChI is InChI=1S/C24H32N2O5/c27-19-21-3-7-23(8-4-21)25-11-1-13-29-15-17-31-18-16-30-14-2-12-26-24-9-5-22(20-28)6-10-24/h3-10,19-20,25-26H,1-2,11-18H2. The average molecular weight is 429 g/mol. The molecule has 0 aliphatic heterocycles. The van der Waals surface area contributed by atoms with Gasteiger partial charge in [0.2, 0.25) is 0 Å². The van der Waals surface area contributed by atoms with Crippen LogP contribution in [0.25, 0.3) is 0 Å². The Kier molecular flexibility index (Phi) is 12.7. The van der Waals surface area contributed by atoms with Crippen LogP contribution in [0.1, 0.15) is 33.6 Å². The van der Waals surface area contributed by atoms with Gasteiger partial charge in [-0.15, -0.1) is 0 Å². The smallest absolute Gasteiger partial charge is 0.150 e. The van der Waals surface area contributed by atoms with E-state index in [1.54, 1.807) is 24.3 Å². The van der Waals surface area contributed by atoms with E-state index in [1.165, 1.54) is 0 Å². The highest BCUT2D eigenvalue weighted by Gasteiger charge is 1.96. The van der Waals surface area contributed by atoms with E-state index in [0.29, 0.717) is 50.8 Å². The first-order valence-electron chi connectivity index (χ1n) is 10.6. The second kappa shape index (κ2) is 16.0. The molecule has 0 heterocycles. The molecule has 0 radical (unpaired) electrons. The van der Waals surface area contributed by atoms with Gasteiger partial charge in [-0.2, -0.15) is 0 Å². The molecule has 31 heavy (non-hydrogen) atoms. The average Bonchev–Trinajstić information content (AvgIpc) is 2.82. The van der Waals surface area contributed by atoms with Gasteiger partial charge in [0.25, 0.3) is 0 Å². The molecule has 0 saturated carbocycles. The molecule has 2 N–H and O–H groups in total. The van der Waals surface area contributed by atoms with Crippen molar-refractivity contribution in [3.05, 3.63) is 59.7 Å². The van der Waals surface area contributed by atoms with E-state index in [0.717, 1.165) is 49.9 Å². The van der Waals surface area contributed by atoms with Crippen molar-refractivity contribution in [2.24, 2.45) is 0 Å². The lowest BCUT2D eigenvalue weighted by Crippen LogP contribution is -2.12. The van der Waals surface area contributed by atoms with Gasteiger partial charge >= 0.3 is 0 Å². The highest BCUT2D eigenvalue weighted by atomic mass is 16.5. The summed E-state index contributed by atoms with van der Waals surface area (Å²) >= 11 is 0. The summed E-state index contributed by atoms with van der Waals surface area (Å²) < 4.78 is 16.6. The number of aldehydes is 2. The molecule has 0 aliphatic carbocycles. The van der Waals surface area contributed by atoms with Gasteiger partial charge in [-0.1, -0.05) is 0 Å². The van der Waals surface area contributed by atoms with Crippen molar-refractivity contribution in [1.29, 1.82) is 0 Å². The lowest BCUT2D eigenvalue weighted by atomic mass is 10.2. The van der Waals surface area contributed by atoms with Gasteiger partial charge in [0, 0.05) is 48.8 Å². The van der Waals surface area contributed by atoms with E-state index in [1.807, 2.05) is 24.3 Å². The predicted molar refractivity (Wildman–Crippen MR) is 122 cm³/mol. The SMILES string of the molecule is O=Cc1ccc(NCCCOCCOCCOCCCNc2ccc(C=O)cc2)cc1. The van der Waals surface area contributed by atoms with Gasteiger partial charge in [0.1, 0.15) is 12.6 Å². The number of nitrogens with one attached hydrogen (secondary N) is 2. The minimum Gasteiger partial charge on any atom is -0.385 e. The van der Waals surface area contributed by atoms with Crippen LogP contribution in [-0.2, 0) is 14.2 Å². The van der Waals surface area contributed by atoms with E-state index >= 15 is 0 Å². The summed E-state index contributed by atoms with van der Waals surface area (Å²) in [7, 11) is 0. The molecular formula is C24H32N2O5. The molecule has 0 aromatic heterocycles. The van der Waals surface area contributed by atoms with Gasteiger partial charge in [-0.3, -0.25) is 9.59 Å². The van der Waals surface area contributed by atoms with Crippen molar-refractivity contribution in [2.75, 3.05) is 63.4 Å². The third kappa shape index (κ3) is 11.3. The molecule has 0 fully saturated rings. The first kappa shape index (κ1) is 24.5. The number of rotatable bonds is 18. The Hall–Kier alpha value is -2.74.